The lowest BCUT2D eigenvalue weighted by Gasteiger charge is -2.08. The molecule has 24 heavy (non-hydrogen) atoms. The van der Waals surface area contributed by atoms with Gasteiger partial charge in [0, 0.05) is 16.4 Å². The highest BCUT2D eigenvalue weighted by molar-refractivity contribution is 7.09. The number of furan rings is 1. The standard InChI is InChI=1S/C18H17ClN2O2S/c1-3-15-16(12-7-9-13(19)10-8-12)21(4-2)18(24-15)20-17(22)14-6-5-11-23-14/h5-11H,3-4H2,1-2H3. The summed E-state index contributed by atoms with van der Waals surface area (Å²) in [6.07, 6.45) is 2.34. The maximum atomic E-state index is 12.2. The molecular formula is C18H17ClN2O2S. The van der Waals surface area contributed by atoms with Crippen LogP contribution in [0.25, 0.3) is 11.3 Å². The molecule has 1 aromatic carbocycles. The third-order valence-corrected chi connectivity index (χ3v) is 5.14. The number of halogens is 1. The lowest BCUT2D eigenvalue weighted by molar-refractivity contribution is 0.0971. The van der Waals surface area contributed by atoms with Crippen LogP contribution in [0.3, 0.4) is 0 Å². The molecule has 0 aliphatic rings. The predicted octanol–water partition coefficient (Wildman–Crippen LogP) is 4.79. The highest BCUT2D eigenvalue weighted by Gasteiger charge is 2.15. The molecule has 0 saturated heterocycles. The molecule has 0 unspecified atom stereocenters. The molecule has 0 aliphatic carbocycles. The number of thiazole rings is 1. The molecule has 124 valence electrons. The Hall–Kier alpha value is -2.11. The van der Waals surface area contributed by atoms with E-state index >= 15 is 0 Å². The van der Waals surface area contributed by atoms with E-state index in [-0.39, 0.29) is 11.7 Å². The van der Waals surface area contributed by atoms with Gasteiger partial charge in [-0.2, -0.15) is 4.99 Å². The second kappa shape index (κ2) is 7.20. The number of carbonyl (C=O) groups excluding carboxylic acids is 1. The van der Waals surface area contributed by atoms with Crippen molar-refractivity contribution in [3.05, 3.63) is 63.1 Å². The highest BCUT2D eigenvalue weighted by atomic mass is 35.5. The van der Waals surface area contributed by atoms with Crippen LogP contribution in [-0.4, -0.2) is 10.5 Å². The average molecular weight is 361 g/mol. The Kier molecular flexibility index (Phi) is 5.02. The Bertz CT molecular complexity index is 906. The molecule has 0 atom stereocenters. The fraction of sp³-hybridized carbons (Fsp3) is 0.222. The molecule has 0 fully saturated rings. The Balaban J connectivity index is 2.15. The molecule has 0 radical (unpaired) electrons. The fourth-order valence-corrected chi connectivity index (χ4v) is 3.82. The van der Waals surface area contributed by atoms with E-state index in [1.54, 1.807) is 12.1 Å². The van der Waals surface area contributed by atoms with Gasteiger partial charge in [-0.05, 0) is 43.2 Å². The lowest BCUT2D eigenvalue weighted by Crippen LogP contribution is -2.17. The zero-order valence-electron chi connectivity index (χ0n) is 13.5. The van der Waals surface area contributed by atoms with E-state index in [1.807, 2.05) is 31.2 Å². The van der Waals surface area contributed by atoms with E-state index in [4.69, 9.17) is 16.0 Å². The van der Waals surface area contributed by atoms with Crippen LogP contribution < -0.4 is 4.80 Å². The summed E-state index contributed by atoms with van der Waals surface area (Å²) in [6.45, 7) is 4.87. The average Bonchev–Trinajstić information content (AvgIpc) is 3.23. The molecule has 2 heterocycles. The third kappa shape index (κ3) is 3.23. The van der Waals surface area contributed by atoms with Gasteiger partial charge in [-0.1, -0.05) is 30.7 Å². The van der Waals surface area contributed by atoms with Crippen molar-refractivity contribution < 1.29 is 9.21 Å². The number of rotatable bonds is 4. The van der Waals surface area contributed by atoms with E-state index in [0.29, 0.717) is 9.82 Å². The van der Waals surface area contributed by atoms with Crippen molar-refractivity contribution in [2.75, 3.05) is 0 Å². The van der Waals surface area contributed by atoms with Gasteiger partial charge >= 0.3 is 5.91 Å². The largest absolute Gasteiger partial charge is 0.459 e. The lowest BCUT2D eigenvalue weighted by atomic mass is 10.1. The van der Waals surface area contributed by atoms with Crippen molar-refractivity contribution in [1.82, 2.24) is 4.57 Å². The Morgan fingerprint density at radius 2 is 2.00 bits per heavy atom. The van der Waals surface area contributed by atoms with E-state index in [1.165, 1.54) is 22.5 Å². The monoisotopic (exact) mass is 360 g/mol. The van der Waals surface area contributed by atoms with Gasteiger partial charge in [-0.15, -0.1) is 11.3 Å². The van der Waals surface area contributed by atoms with Gasteiger partial charge < -0.3 is 8.98 Å². The predicted molar refractivity (Wildman–Crippen MR) is 96.4 cm³/mol. The van der Waals surface area contributed by atoms with Crippen molar-refractivity contribution in [3.8, 4) is 11.3 Å². The first-order valence-electron chi connectivity index (χ1n) is 7.75. The van der Waals surface area contributed by atoms with Crippen molar-refractivity contribution >= 4 is 28.8 Å². The number of carbonyl (C=O) groups is 1. The molecule has 0 spiro atoms. The van der Waals surface area contributed by atoms with E-state index in [9.17, 15) is 4.79 Å². The molecular weight excluding hydrogens is 344 g/mol. The van der Waals surface area contributed by atoms with Crippen molar-refractivity contribution in [2.45, 2.75) is 26.8 Å². The minimum absolute atomic E-state index is 0.247. The van der Waals surface area contributed by atoms with Crippen LogP contribution in [0.2, 0.25) is 5.02 Å². The van der Waals surface area contributed by atoms with Crippen LogP contribution in [0, 0.1) is 0 Å². The zero-order valence-corrected chi connectivity index (χ0v) is 15.0. The number of hydrogen-bond donors (Lipinski definition) is 0. The summed E-state index contributed by atoms with van der Waals surface area (Å²) in [5, 5.41) is 0.702. The number of benzene rings is 1. The SMILES string of the molecule is CCc1sc(=NC(=O)c2ccco2)n(CC)c1-c1ccc(Cl)cc1. The Morgan fingerprint density at radius 3 is 2.58 bits per heavy atom. The summed E-state index contributed by atoms with van der Waals surface area (Å²) in [5.41, 5.74) is 2.16. The topological polar surface area (TPSA) is 47.5 Å². The normalized spacial score (nSPS) is 11.9. The van der Waals surface area contributed by atoms with Gasteiger partial charge in [0.1, 0.15) is 0 Å². The quantitative estimate of drug-likeness (QED) is 0.671. The van der Waals surface area contributed by atoms with Crippen LogP contribution >= 0.6 is 22.9 Å². The van der Waals surface area contributed by atoms with E-state index in [2.05, 4.69) is 16.5 Å². The molecule has 3 aromatic rings. The molecule has 0 bridgehead atoms. The van der Waals surface area contributed by atoms with Gasteiger partial charge in [0.15, 0.2) is 10.6 Å². The first kappa shape index (κ1) is 16.7. The molecule has 1 amide bonds. The number of hydrogen-bond acceptors (Lipinski definition) is 3. The number of nitrogens with zero attached hydrogens (tertiary/aromatic N) is 2. The third-order valence-electron chi connectivity index (χ3n) is 3.66. The first-order valence-corrected chi connectivity index (χ1v) is 8.94. The first-order chi connectivity index (χ1) is 11.6. The van der Waals surface area contributed by atoms with Crippen molar-refractivity contribution in [2.24, 2.45) is 4.99 Å². The molecule has 0 aliphatic heterocycles. The summed E-state index contributed by atoms with van der Waals surface area (Å²) in [5.74, 6) is -0.120. The summed E-state index contributed by atoms with van der Waals surface area (Å²) < 4.78 is 7.20. The van der Waals surface area contributed by atoms with Gasteiger partial charge in [0.2, 0.25) is 0 Å². The van der Waals surface area contributed by atoms with Crippen LogP contribution in [0.4, 0.5) is 0 Å². The summed E-state index contributed by atoms with van der Waals surface area (Å²) in [4.78, 5) is 18.4. The molecule has 0 N–H and O–H groups in total. The van der Waals surface area contributed by atoms with Gasteiger partial charge in [-0.3, -0.25) is 4.79 Å². The van der Waals surface area contributed by atoms with Gasteiger partial charge in [-0.25, -0.2) is 0 Å². The summed E-state index contributed by atoms with van der Waals surface area (Å²) in [6, 6.07) is 11.0. The van der Waals surface area contributed by atoms with Crippen molar-refractivity contribution in [1.29, 1.82) is 0 Å². The molecule has 3 rings (SSSR count). The smallest absolute Gasteiger partial charge is 0.315 e. The highest BCUT2D eigenvalue weighted by Crippen LogP contribution is 2.27. The zero-order chi connectivity index (χ0) is 17.1. The Labute approximate surface area is 149 Å². The van der Waals surface area contributed by atoms with Crippen LogP contribution in [0.5, 0.6) is 0 Å². The maximum Gasteiger partial charge on any atom is 0.315 e. The van der Waals surface area contributed by atoms with Crippen molar-refractivity contribution in [3.63, 3.8) is 0 Å². The summed E-state index contributed by atoms with van der Waals surface area (Å²) in [7, 11) is 0. The number of aromatic nitrogens is 1. The van der Waals surface area contributed by atoms with E-state index in [0.717, 1.165) is 24.2 Å². The maximum absolute atomic E-state index is 12.2. The second-order valence-electron chi connectivity index (χ2n) is 5.16. The van der Waals surface area contributed by atoms with Crippen LogP contribution in [0.1, 0.15) is 29.3 Å². The Morgan fingerprint density at radius 1 is 1.25 bits per heavy atom. The number of amides is 1. The molecule has 0 saturated carbocycles. The van der Waals surface area contributed by atoms with E-state index < -0.39 is 0 Å². The molecule has 4 nitrogen and oxygen atoms in total. The van der Waals surface area contributed by atoms with Crippen LogP contribution in [0.15, 0.2) is 52.1 Å². The number of aryl methyl sites for hydroxylation is 1. The molecule has 6 heteroatoms. The summed E-state index contributed by atoms with van der Waals surface area (Å²) >= 11 is 7.54. The van der Waals surface area contributed by atoms with Gasteiger partial charge in [0.05, 0.1) is 12.0 Å². The molecule has 2 aromatic heterocycles. The second-order valence-corrected chi connectivity index (χ2v) is 6.65. The minimum Gasteiger partial charge on any atom is -0.459 e. The fourth-order valence-electron chi connectivity index (χ4n) is 2.54. The van der Waals surface area contributed by atoms with Crippen LogP contribution in [-0.2, 0) is 13.0 Å². The van der Waals surface area contributed by atoms with Gasteiger partial charge in [0.25, 0.3) is 0 Å². The minimum atomic E-state index is -0.367.